The zero-order valence-corrected chi connectivity index (χ0v) is 6.65. The van der Waals surface area contributed by atoms with Gasteiger partial charge in [-0.2, -0.15) is 0 Å². The van der Waals surface area contributed by atoms with Gasteiger partial charge in [-0.05, 0) is 6.07 Å². The number of rotatable bonds is 2. The van der Waals surface area contributed by atoms with Crippen molar-refractivity contribution < 1.29 is 9.72 Å². The fraction of sp³-hybridized carbons (Fsp3) is 0. The zero-order valence-electron chi connectivity index (χ0n) is 5.90. The minimum Gasteiger partial charge on any atom is -0.281 e. The normalized spacial score (nSPS) is 9.42. The summed E-state index contributed by atoms with van der Waals surface area (Å²) in [6.45, 7) is 0. The van der Waals surface area contributed by atoms with Crippen LogP contribution in [0.25, 0.3) is 0 Å². The van der Waals surface area contributed by atoms with Gasteiger partial charge in [-0.3, -0.25) is 14.9 Å². The number of aldehydes is 1. The molecular formula is C7H5ClNO3+. The van der Waals surface area contributed by atoms with Gasteiger partial charge >= 0.3 is 6.29 Å². The molecule has 0 fully saturated rings. The van der Waals surface area contributed by atoms with Crippen molar-refractivity contribution in [2.45, 2.75) is 0 Å². The highest BCUT2D eigenvalue weighted by Gasteiger charge is 2.10. The predicted octanol–water partition coefficient (Wildman–Crippen LogP) is 1.77. The van der Waals surface area contributed by atoms with Crippen LogP contribution in [0.4, 0.5) is 5.69 Å². The number of nitrogens with zero attached hydrogens (tertiary/aromatic N) is 1. The van der Waals surface area contributed by atoms with Gasteiger partial charge in [-0.1, -0.05) is 11.6 Å². The van der Waals surface area contributed by atoms with Gasteiger partial charge in [0.25, 0.3) is 5.69 Å². The van der Waals surface area contributed by atoms with Crippen molar-refractivity contribution in [3.8, 4) is 0 Å². The first-order valence-electron chi connectivity index (χ1n) is 3.06. The van der Waals surface area contributed by atoms with E-state index in [0.717, 1.165) is 6.29 Å². The summed E-state index contributed by atoms with van der Waals surface area (Å²) >= 11 is 5.59. The molecule has 0 heterocycles. The van der Waals surface area contributed by atoms with Crippen molar-refractivity contribution in [2.24, 2.45) is 0 Å². The summed E-state index contributed by atoms with van der Waals surface area (Å²) in [5, 5.41) is 10.5. The lowest BCUT2D eigenvalue weighted by molar-refractivity contribution is -0.384. The van der Waals surface area contributed by atoms with Crippen LogP contribution < -0.4 is 0 Å². The highest BCUT2D eigenvalue weighted by molar-refractivity contribution is 6.33. The Morgan fingerprint density at radius 3 is 2.75 bits per heavy atom. The zero-order chi connectivity index (χ0) is 9.14. The second kappa shape index (κ2) is 3.32. The van der Waals surface area contributed by atoms with Crippen molar-refractivity contribution in [3.05, 3.63) is 38.9 Å². The van der Waals surface area contributed by atoms with Crippen LogP contribution >= 0.6 is 11.6 Å². The maximum atomic E-state index is 10.2. The van der Waals surface area contributed by atoms with E-state index >= 15 is 0 Å². The molecule has 0 saturated heterocycles. The third-order valence-electron chi connectivity index (χ3n) is 1.33. The number of benzene rings is 1. The summed E-state index contributed by atoms with van der Waals surface area (Å²) in [5.41, 5.74) is 0.144. The smallest absolute Gasteiger partial charge is 0.281 e. The Morgan fingerprint density at radius 2 is 2.25 bits per heavy atom. The minimum atomic E-state index is -0.552. The van der Waals surface area contributed by atoms with E-state index in [-0.39, 0.29) is 16.3 Å². The summed E-state index contributed by atoms with van der Waals surface area (Å²) in [4.78, 5) is 18.3. The molecule has 0 aromatic heterocycles. The van der Waals surface area contributed by atoms with Crippen molar-refractivity contribution in [3.63, 3.8) is 0 Å². The molecule has 0 aliphatic carbocycles. The molecule has 12 heavy (non-hydrogen) atoms. The van der Waals surface area contributed by atoms with Crippen LogP contribution in [-0.2, 0) is 0 Å². The van der Waals surface area contributed by atoms with Gasteiger partial charge in [0.1, 0.15) is 0 Å². The molecule has 62 valence electrons. The highest BCUT2D eigenvalue weighted by Crippen LogP contribution is 2.19. The van der Waals surface area contributed by atoms with E-state index in [1.54, 1.807) is 0 Å². The van der Waals surface area contributed by atoms with Crippen LogP contribution in [0.5, 0.6) is 0 Å². The Balaban J connectivity index is 3.22. The van der Waals surface area contributed by atoms with Crippen molar-refractivity contribution in [2.75, 3.05) is 0 Å². The quantitative estimate of drug-likeness (QED) is 0.306. The van der Waals surface area contributed by atoms with E-state index in [2.05, 4.69) is 0 Å². The van der Waals surface area contributed by atoms with Crippen molar-refractivity contribution >= 4 is 23.6 Å². The number of nitro benzene ring substituents is 1. The van der Waals surface area contributed by atoms with Gasteiger partial charge in [-0.25, -0.2) is 0 Å². The van der Waals surface area contributed by atoms with Gasteiger partial charge in [0.15, 0.2) is 0 Å². The second-order valence-corrected chi connectivity index (χ2v) is 2.50. The number of non-ortho nitro benzene ring substituents is 1. The Labute approximate surface area is 72.9 Å². The second-order valence-electron chi connectivity index (χ2n) is 2.09. The third-order valence-corrected chi connectivity index (χ3v) is 1.67. The summed E-state index contributed by atoms with van der Waals surface area (Å²) in [6.07, 6.45) is 0.731. The van der Waals surface area contributed by atoms with E-state index in [1.807, 2.05) is 0 Å². The van der Waals surface area contributed by atoms with Crippen LogP contribution in [0.2, 0.25) is 5.02 Å². The van der Waals surface area contributed by atoms with Gasteiger partial charge in [0.2, 0.25) is 0 Å². The first-order valence-corrected chi connectivity index (χ1v) is 3.44. The van der Waals surface area contributed by atoms with Crippen molar-refractivity contribution in [1.29, 1.82) is 0 Å². The molecule has 0 radical (unpaired) electrons. The third kappa shape index (κ3) is 1.60. The number of hydrogen-bond acceptors (Lipinski definition) is 2. The summed E-state index contributed by atoms with van der Waals surface area (Å²) in [7, 11) is 0. The molecule has 0 aliphatic rings. The molecule has 4 nitrogen and oxygen atoms in total. The van der Waals surface area contributed by atoms with E-state index in [9.17, 15) is 10.1 Å². The topological polar surface area (TPSA) is 64.5 Å². The fourth-order valence-electron chi connectivity index (χ4n) is 0.744. The molecule has 0 saturated carbocycles. The van der Waals surface area contributed by atoms with Crippen LogP contribution in [0, 0.1) is 10.1 Å². The standard InChI is InChI=1S/C7H4ClNO3/c8-7-2-1-6(9(11)12)3-5(7)4-10/h1-4H/p+1. The highest BCUT2D eigenvalue weighted by atomic mass is 35.5. The lowest BCUT2D eigenvalue weighted by Crippen LogP contribution is -1.90. The minimum absolute atomic E-state index is 0.0975. The first kappa shape index (κ1) is 8.67. The Morgan fingerprint density at radius 1 is 1.58 bits per heavy atom. The Bertz CT molecular complexity index is 337. The van der Waals surface area contributed by atoms with Crippen LogP contribution in [0.3, 0.4) is 0 Å². The number of carbonyl (C=O) groups excluding carboxylic acids is 1. The average Bonchev–Trinajstić information content (AvgIpc) is 2.05. The molecule has 1 aromatic rings. The SMILES string of the molecule is O=[N+]([O-])c1ccc(Cl)c(C=[OH+])c1. The van der Waals surface area contributed by atoms with Crippen molar-refractivity contribution in [1.82, 2.24) is 0 Å². The lowest BCUT2D eigenvalue weighted by atomic mass is 10.2. The number of halogens is 1. The van der Waals surface area contributed by atoms with E-state index < -0.39 is 4.92 Å². The van der Waals surface area contributed by atoms with Gasteiger partial charge in [0.05, 0.1) is 15.5 Å². The van der Waals surface area contributed by atoms with Crippen LogP contribution in [0.15, 0.2) is 18.2 Å². The largest absolute Gasteiger partial charge is 0.314 e. The lowest BCUT2D eigenvalue weighted by Gasteiger charge is -1.92. The Hall–Kier alpha value is -1.42. The summed E-state index contributed by atoms with van der Waals surface area (Å²) < 4.78 is 0. The summed E-state index contributed by atoms with van der Waals surface area (Å²) in [5.74, 6) is 0. The molecular weight excluding hydrogens is 182 g/mol. The average molecular weight is 187 g/mol. The predicted molar refractivity (Wildman–Crippen MR) is 45.2 cm³/mol. The van der Waals surface area contributed by atoms with Crippen LogP contribution in [0.1, 0.15) is 5.56 Å². The number of hydrogen-bond donors (Lipinski definition) is 0. The molecule has 0 spiro atoms. The maximum Gasteiger partial charge on any atom is 0.314 e. The molecule has 0 amide bonds. The van der Waals surface area contributed by atoms with E-state index in [0.29, 0.717) is 0 Å². The first-order chi connectivity index (χ1) is 5.65. The molecule has 1 N–H and O–H groups in total. The van der Waals surface area contributed by atoms with Gasteiger partial charge in [0, 0.05) is 12.1 Å². The Kier molecular flexibility index (Phi) is 2.40. The molecule has 0 aliphatic heterocycles. The molecule has 0 atom stereocenters. The molecule has 1 aromatic carbocycles. The fourth-order valence-corrected chi connectivity index (χ4v) is 0.910. The summed E-state index contributed by atoms with van der Waals surface area (Å²) in [6, 6.07) is 3.83. The molecule has 0 unspecified atom stereocenters. The van der Waals surface area contributed by atoms with Gasteiger partial charge < -0.3 is 0 Å². The maximum absolute atomic E-state index is 10.2. The van der Waals surface area contributed by atoms with Gasteiger partial charge in [-0.15, -0.1) is 0 Å². The van der Waals surface area contributed by atoms with E-state index in [4.69, 9.17) is 16.4 Å². The monoisotopic (exact) mass is 186 g/mol. The molecule has 0 bridgehead atoms. The molecule has 1 rings (SSSR count). The number of nitro groups is 1. The molecule has 5 heteroatoms. The van der Waals surface area contributed by atoms with Crippen LogP contribution in [-0.4, -0.2) is 16.0 Å². The van der Waals surface area contributed by atoms with E-state index in [1.165, 1.54) is 18.2 Å².